The van der Waals surface area contributed by atoms with Crippen molar-refractivity contribution in [1.82, 2.24) is 19.9 Å². The Morgan fingerprint density at radius 1 is 1.56 bits per heavy atom. The summed E-state index contributed by atoms with van der Waals surface area (Å²) in [6, 6.07) is 3.92. The lowest BCUT2D eigenvalue weighted by molar-refractivity contribution is 0.0583. The highest BCUT2D eigenvalue weighted by atomic mass is 79.9. The maximum Gasteiger partial charge on any atom is 0.231 e. The standard InChI is InChI=1S/C11H13BrN4O2/c12-9-5-14-10-1-2-11(15-16(9)10)18-7-8-6-17-4-3-13-8/h1-2,5,8,13H,3-4,6-7H2/t8-/m0/s1. The fourth-order valence-corrected chi connectivity index (χ4v) is 2.18. The molecule has 96 valence electrons. The van der Waals surface area contributed by atoms with Crippen molar-refractivity contribution in [3.05, 3.63) is 22.9 Å². The van der Waals surface area contributed by atoms with Crippen molar-refractivity contribution in [3.8, 4) is 5.88 Å². The van der Waals surface area contributed by atoms with Gasteiger partial charge in [0.05, 0.1) is 25.5 Å². The molecule has 0 unspecified atom stereocenters. The number of nitrogens with one attached hydrogen (secondary N) is 1. The van der Waals surface area contributed by atoms with E-state index in [1.807, 2.05) is 12.1 Å². The molecule has 6 nitrogen and oxygen atoms in total. The van der Waals surface area contributed by atoms with Crippen molar-refractivity contribution in [2.45, 2.75) is 6.04 Å². The van der Waals surface area contributed by atoms with Gasteiger partial charge in [-0.05, 0) is 22.0 Å². The molecule has 0 saturated carbocycles. The van der Waals surface area contributed by atoms with Crippen LogP contribution in [0.1, 0.15) is 0 Å². The minimum atomic E-state index is 0.225. The maximum absolute atomic E-state index is 5.65. The number of ether oxygens (including phenoxy) is 2. The first-order valence-electron chi connectivity index (χ1n) is 5.77. The molecular weight excluding hydrogens is 300 g/mol. The van der Waals surface area contributed by atoms with E-state index in [-0.39, 0.29) is 6.04 Å². The van der Waals surface area contributed by atoms with Crippen molar-refractivity contribution in [1.29, 1.82) is 0 Å². The molecule has 2 aromatic heterocycles. The number of imidazole rings is 1. The smallest absolute Gasteiger partial charge is 0.231 e. The Hall–Kier alpha value is -1.18. The molecule has 1 aliphatic rings. The van der Waals surface area contributed by atoms with Crippen LogP contribution in [0, 0.1) is 0 Å². The van der Waals surface area contributed by atoms with Gasteiger partial charge in [0.2, 0.25) is 5.88 Å². The van der Waals surface area contributed by atoms with Gasteiger partial charge >= 0.3 is 0 Å². The lowest BCUT2D eigenvalue weighted by Crippen LogP contribution is -2.44. The minimum Gasteiger partial charge on any atom is -0.475 e. The fourth-order valence-electron chi connectivity index (χ4n) is 1.82. The van der Waals surface area contributed by atoms with Crippen LogP contribution in [0.15, 0.2) is 22.9 Å². The van der Waals surface area contributed by atoms with Crippen LogP contribution in [0.4, 0.5) is 0 Å². The highest BCUT2D eigenvalue weighted by Crippen LogP contribution is 2.14. The molecule has 18 heavy (non-hydrogen) atoms. The molecule has 0 bridgehead atoms. The molecule has 1 N–H and O–H groups in total. The van der Waals surface area contributed by atoms with E-state index >= 15 is 0 Å². The van der Waals surface area contributed by atoms with Crippen LogP contribution < -0.4 is 10.1 Å². The molecule has 3 rings (SSSR count). The summed E-state index contributed by atoms with van der Waals surface area (Å²) in [6.07, 6.45) is 1.71. The SMILES string of the molecule is Brc1cnc2ccc(OC[C@@H]3COCCN3)nn12. The Morgan fingerprint density at radius 3 is 3.33 bits per heavy atom. The molecular formula is C11H13BrN4O2. The van der Waals surface area contributed by atoms with Gasteiger partial charge in [-0.25, -0.2) is 9.50 Å². The molecule has 0 amide bonds. The summed E-state index contributed by atoms with van der Waals surface area (Å²) in [7, 11) is 0. The van der Waals surface area contributed by atoms with Gasteiger partial charge in [0, 0.05) is 12.6 Å². The van der Waals surface area contributed by atoms with Crippen LogP contribution in [0.2, 0.25) is 0 Å². The second-order valence-corrected chi connectivity index (χ2v) is 4.87. The van der Waals surface area contributed by atoms with Gasteiger partial charge < -0.3 is 14.8 Å². The largest absolute Gasteiger partial charge is 0.475 e. The topological polar surface area (TPSA) is 60.7 Å². The second kappa shape index (κ2) is 5.21. The molecule has 3 heterocycles. The molecule has 2 aromatic rings. The highest BCUT2D eigenvalue weighted by Gasteiger charge is 2.14. The van der Waals surface area contributed by atoms with Gasteiger partial charge in [-0.3, -0.25) is 0 Å². The Kier molecular flexibility index (Phi) is 3.44. The fraction of sp³-hybridized carbons (Fsp3) is 0.455. The van der Waals surface area contributed by atoms with Crippen LogP contribution in [0.25, 0.3) is 5.65 Å². The van der Waals surface area contributed by atoms with E-state index in [1.54, 1.807) is 10.7 Å². The lowest BCUT2D eigenvalue weighted by atomic mass is 10.3. The molecule has 7 heteroatoms. The molecule has 0 radical (unpaired) electrons. The Balaban J connectivity index is 1.68. The van der Waals surface area contributed by atoms with Crippen molar-refractivity contribution in [2.24, 2.45) is 0 Å². The van der Waals surface area contributed by atoms with Gasteiger partial charge in [0.15, 0.2) is 5.65 Å². The molecule has 1 aliphatic heterocycles. The second-order valence-electron chi connectivity index (χ2n) is 4.06. The summed E-state index contributed by atoms with van der Waals surface area (Å²) in [5, 5.41) is 7.66. The average Bonchev–Trinajstić information content (AvgIpc) is 2.79. The Morgan fingerprint density at radius 2 is 2.50 bits per heavy atom. The van der Waals surface area contributed by atoms with Crippen molar-refractivity contribution < 1.29 is 9.47 Å². The van der Waals surface area contributed by atoms with E-state index in [0.717, 1.165) is 23.4 Å². The normalized spacial score (nSPS) is 20.2. The van der Waals surface area contributed by atoms with Gasteiger partial charge in [-0.1, -0.05) is 0 Å². The Labute approximate surface area is 112 Å². The number of hydrogen-bond acceptors (Lipinski definition) is 5. The minimum absolute atomic E-state index is 0.225. The quantitative estimate of drug-likeness (QED) is 0.911. The number of morpholine rings is 1. The van der Waals surface area contributed by atoms with E-state index in [9.17, 15) is 0 Å². The van der Waals surface area contributed by atoms with Gasteiger partial charge in [-0.15, -0.1) is 5.10 Å². The lowest BCUT2D eigenvalue weighted by Gasteiger charge is -2.23. The number of aromatic nitrogens is 3. The number of halogens is 1. The summed E-state index contributed by atoms with van der Waals surface area (Å²) >= 11 is 3.38. The molecule has 0 aliphatic carbocycles. The molecule has 0 spiro atoms. The highest BCUT2D eigenvalue weighted by molar-refractivity contribution is 9.10. The summed E-state index contributed by atoms with van der Waals surface area (Å²) in [5.74, 6) is 0.577. The van der Waals surface area contributed by atoms with E-state index in [2.05, 4.69) is 31.3 Å². The van der Waals surface area contributed by atoms with Crippen LogP contribution in [0.3, 0.4) is 0 Å². The first kappa shape index (κ1) is 11.9. The number of rotatable bonds is 3. The van der Waals surface area contributed by atoms with E-state index < -0.39 is 0 Å². The predicted octanol–water partition coefficient (Wildman–Crippen LogP) is 0.859. The third-order valence-corrected chi connectivity index (χ3v) is 3.27. The van der Waals surface area contributed by atoms with Gasteiger partial charge in [0.25, 0.3) is 0 Å². The first-order valence-corrected chi connectivity index (χ1v) is 6.56. The van der Waals surface area contributed by atoms with Crippen molar-refractivity contribution in [3.63, 3.8) is 0 Å². The number of fused-ring (bicyclic) bond motifs is 1. The third kappa shape index (κ3) is 2.47. The zero-order valence-electron chi connectivity index (χ0n) is 9.67. The van der Waals surface area contributed by atoms with Crippen LogP contribution in [0.5, 0.6) is 5.88 Å². The number of hydrogen-bond donors (Lipinski definition) is 1. The predicted molar refractivity (Wildman–Crippen MR) is 68.8 cm³/mol. The van der Waals surface area contributed by atoms with Crippen LogP contribution >= 0.6 is 15.9 Å². The average molecular weight is 313 g/mol. The Bertz CT molecular complexity index is 539. The van der Waals surface area contributed by atoms with Gasteiger partial charge in [0.1, 0.15) is 11.2 Å². The van der Waals surface area contributed by atoms with Crippen LogP contribution in [-0.2, 0) is 4.74 Å². The first-order chi connectivity index (χ1) is 8.83. The van der Waals surface area contributed by atoms with Crippen LogP contribution in [-0.4, -0.2) is 47.0 Å². The van der Waals surface area contributed by atoms with E-state index in [4.69, 9.17) is 9.47 Å². The maximum atomic E-state index is 5.65. The summed E-state index contributed by atoms with van der Waals surface area (Å²) in [6.45, 7) is 2.86. The molecule has 1 atom stereocenters. The van der Waals surface area contributed by atoms with Crippen molar-refractivity contribution in [2.75, 3.05) is 26.4 Å². The van der Waals surface area contributed by atoms with Gasteiger partial charge in [-0.2, -0.15) is 0 Å². The van der Waals surface area contributed by atoms with Crippen molar-refractivity contribution >= 4 is 21.6 Å². The number of nitrogens with zero attached hydrogens (tertiary/aromatic N) is 3. The molecule has 1 saturated heterocycles. The summed E-state index contributed by atoms with van der Waals surface area (Å²) in [5.41, 5.74) is 0.786. The summed E-state index contributed by atoms with van der Waals surface area (Å²) in [4.78, 5) is 4.18. The zero-order chi connectivity index (χ0) is 12.4. The summed E-state index contributed by atoms with van der Waals surface area (Å²) < 4.78 is 13.5. The van der Waals surface area contributed by atoms with E-state index in [0.29, 0.717) is 19.1 Å². The molecule has 1 fully saturated rings. The third-order valence-electron chi connectivity index (χ3n) is 2.73. The molecule has 0 aromatic carbocycles. The zero-order valence-corrected chi connectivity index (χ0v) is 11.3. The monoisotopic (exact) mass is 312 g/mol. The van der Waals surface area contributed by atoms with E-state index in [1.165, 1.54) is 0 Å².